The van der Waals surface area contributed by atoms with Gasteiger partial charge in [0.25, 0.3) is 0 Å². The molecular formula is C10H9F3O2S. The summed E-state index contributed by atoms with van der Waals surface area (Å²) in [5.74, 6) is -0.514. The molecule has 1 rings (SSSR count). The Morgan fingerprint density at radius 3 is 2.31 bits per heavy atom. The first kappa shape index (κ1) is 12.8. The molecule has 0 bridgehead atoms. The quantitative estimate of drug-likeness (QED) is 0.773. The minimum absolute atomic E-state index is 0.514. The summed E-state index contributed by atoms with van der Waals surface area (Å²) >= 11 is 0. The molecule has 1 aromatic carbocycles. The van der Waals surface area contributed by atoms with Crippen LogP contribution in [-0.4, -0.2) is 14.2 Å². The van der Waals surface area contributed by atoms with E-state index < -0.39 is 32.2 Å². The van der Waals surface area contributed by atoms with Gasteiger partial charge in [0.05, 0.1) is 16.2 Å². The van der Waals surface area contributed by atoms with Crippen LogP contribution in [0.25, 0.3) is 0 Å². The van der Waals surface area contributed by atoms with Crippen molar-refractivity contribution in [3.63, 3.8) is 0 Å². The van der Waals surface area contributed by atoms with Gasteiger partial charge in [-0.1, -0.05) is 18.2 Å². The number of hydrogen-bond acceptors (Lipinski definition) is 2. The molecule has 0 radical (unpaired) electrons. The second-order valence-corrected chi connectivity index (χ2v) is 5.07. The van der Waals surface area contributed by atoms with E-state index in [-0.39, 0.29) is 0 Å². The molecule has 6 heteroatoms. The fourth-order valence-corrected chi connectivity index (χ4v) is 2.51. The highest BCUT2D eigenvalue weighted by molar-refractivity contribution is 7.91. The third-order valence-electron chi connectivity index (χ3n) is 1.86. The fraction of sp³-hybridized carbons (Fsp3) is 0.200. The van der Waals surface area contributed by atoms with Crippen LogP contribution in [0, 0.1) is 0 Å². The summed E-state index contributed by atoms with van der Waals surface area (Å²) in [4.78, 5) is -0.706. The molecule has 0 aliphatic carbocycles. The lowest BCUT2D eigenvalue weighted by Crippen LogP contribution is -2.14. The number of alkyl halides is 3. The summed E-state index contributed by atoms with van der Waals surface area (Å²) in [5.41, 5.74) is -1.14. The normalized spacial score (nSPS) is 12.4. The molecule has 16 heavy (non-hydrogen) atoms. The van der Waals surface area contributed by atoms with Crippen molar-refractivity contribution in [2.45, 2.75) is 11.1 Å². The highest BCUT2D eigenvalue weighted by Gasteiger charge is 2.36. The van der Waals surface area contributed by atoms with Gasteiger partial charge in [-0.2, -0.15) is 13.2 Å². The molecule has 0 fully saturated rings. The maximum absolute atomic E-state index is 12.5. The third-order valence-corrected chi connectivity index (χ3v) is 3.57. The third kappa shape index (κ3) is 2.63. The Bertz CT molecular complexity index is 489. The van der Waals surface area contributed by atoms with Crippen LogP contribution in [0.3, 0.4) is 0 Å². The molecule has 0 unspecified atom stereocenters. The lowest BCUT2D eigenvalue weighted by Gasteiger charge is -2.11. The van der Waals surface area contributed by atoms with Crippen LogP contribution in [0.4, 0.5) is 13.2 Å². The van der Waals surface area contributed by atoms with Crippen LogP contribution in [0.1, 0.15) is 5.56 Å². The minimum Gasteiger partial charge on any atom is -0.223 e. The SMILES string of the molecule is C=CCS(=O)(=O)c1ccccc1C(F)(F)F. The van der Waals surface area contributed by atoms with Gasteiger partial charge >= 0.3 is 6.18 Å². The summed E-state index contributed by atoms with van der Waals surface area (Å²) in [6, 6.07) is 4.10. The Morgan fingerprint density at radius 2 is 1.81 bits per heavy atom. The minimum atomic E-state index is -4.68. The van der Waals surface area contributed by atoms with E-state index in [0.29, 0.717) is 0 Å². The molecule has 0 aromatic heterocycles. The summed E-state index contributed by atoms with van der Waals surface area (Å²) in [6.45, 7) is 3.20. The van der Waals surface area contributed by atoms with Crippen LogP contribution in [0.15, 0.2) is 41.8 Å². The molecule has 1 aromatic rings. The van der Waals surface area contributed by atoms with Crippen molar-refractivity contribution in [2.24, 2.45) is 0 Å². The van der Waals surface area contributed by atoms with Gasteiger partial charge < -0.3 is 0 Å². The van der Waals surface area contributed by atoms with E-state index in [1.54, 1.807) is 0 Å². The largest absolute Gasteiger partial charge is 0.417 e. The molecular weight excluding hydrogens is 241 g/mol. The standard InChI is InChI=1S/C10H9F3O2S/c1-2-7-16(14,15)9-6-4-3-5-8(9)10(11,12)13/h2-6H,1,7H2. The maximum atomic E-state index is 12.5. The van der Waals surface area contributed by atoms with Crippen molar-refractivity contribution in [1.29, 1.82) is 0 Å². The lowest BCUT2D eigenvalue weighted by molar-refractivity contribution is -0.139. The molecule has 88 valence electrons. The topological polar surface area (TPSA) is 34.1 Å². The number of sulfone groups is 1. The van der Waals surface area contributed by atoms with Crippen LogP contribution in [0.5, 0.6) is 0 Å². The van der Waals surface area contributed by atoms with E-state index in [2.05, 4.69) is 6.58 Å². The van der Waals surface area contributed by atoms with Crippen LogP contribution in [-0.2, 0) is 16.0 Å². The number of hydrogen-bond donors (Lipinski definition) is 0. The Hall–Kier alpha value is -1.30. The molecule has 0 saturated heterocycles. The number of rotatable bonds is 3. The summed E-state index contributed by atoms with van der Waals surface area (Å²) < 4.78 is 60.6. The monoisotopic (exact) mass is 250 g/mol. The van der Waals surface area contributed by atoms with Gasteiger partial charge in [-0.3, -0.25) is 0 Å². The van der Waals surface area contributed by atoms with E-state index in [4.69, 9.17) is 0 Å². The van der Waals surface area contributed by atoms with Gasteiger partial charge in [-0.05, 0) is 12.1 Å². The average Bonchev–Trinajstić information content (AvgIpc) is 2.16. The van der Waals surface area contributed by atoms with E-state index in [1.165, 1.54) is 6.07 Å². The highest BCUT2D eigenvalue weighted by atomic mass is 32.2. The van der Waals surface area contributed by atoms with Crippen LogP contribution in [0.2, 0.25) is 0 Å². The van der Waals surface area contributed by atoms with Gasteiger partial charge in [-0.25, -0.2) is 8.42 Å². The second kappa shape index (κ2) is 4.29. The molecule has 0 saturated carbocycles. The van der Waals surface area contributed by atoms with Crippen molar-refractivity contribution in [3.05, 3.63) is 42.5 Å². The van der Waals surface area contributed by atoms with Gasteiger partial charge in [0.15, 0.2) is 9.84 Å². The van der Waals surface area contributed by atoms with E-state index in [1.807, 2.05) is 0 Å². The Morgan fingerprint density at radius 1 is 1.25 bits per heavy atom. The Balaban J connectivity index is 3.41. The lowest BCUT2D eigenvalue weighted by atomic mass is 10.2. The van der Waals surface area contributed by atoms with Crippen molar-refractivity contribution in [1.82, 2.24) is 0 Å². The fourth-order valence-electron chi connectivity index (χ4n) is 1.22. The predicted molar refractivity (Wildman–Crippen MR) is 53.7 cm³/mol. The van der Waals surface area contributed by atoms with Gasteiger partial charge in [-0.15, -0.1) is 6.58 Å². The zero-order valence-corrected chi connectivity index (χ0v) is 8.98. The Labute approximate surface area is 91.3 Å². The first-order valence-corrected chi connectivity index (χ1v) is 5.94. The van der Waals surface area contributed by atoms with Crippen LogP contribution < -0.4 is 0 Å². The summed E-state index contributed by atoms with van der Waals surface area (Å²) in [7, 11) is -3.96. The smallest absolute Gasteiger partial charge is 0.223 e. The molecule has 0 amide bonds. The zero-order chi connectivity index (χ0) is 12.4. The second-order valence-electron chi connectivity index (χ2n) is 3.06. The molecule has 0 heterocycles. The summed E-state index contributed by atoms with van der Waals surface area (Å²) in [6.07, 6.45) is -3.62. The Kier molecular flexibility index (Phi) is 3.42. The molecule has 0 atom stereocenters. The highest BCUT2D eigenvalue weighted by Crippen LogP contribution is 2.34. The average molecular weight is 250 g/mol. The number of benzene rings is 1. The van der Waals surface area contributed by atoms with Crippen molar-refractivity contribution in [2.75, 3.05) is 5.75 Å². The zero-order valence-electron chi connectivity index (χ0n) is 8.16. The number of halogens is 3. The van der Waals surface area contributed by atoms with E-state index >= 15 is 0 Å². The molecule has 0 spiro atoms. The predicted octanol–water partition coefficient (Wildman–Crippen LogP) is 2.67. The van der Waals surface area contributed by atoms with Gasteiger partial charge in [0.2, 0.25) is 0 Å². The first-order chi connectivity index (χ1) is 7.29. The summed E-state index contributed by atoms with van der Waals surface area (Å²) in [5, 5.41) is 0. The van der Waals surface area contributed by atoms with Crippen molar-refractivity contribution >= 4 is 9.84 Å². The van der Waals surface area contributed by atoms with Gasteiger partial charge in [0.1, 0.15) is 0 Å². The van der Waals surface area contributed by atoms with Gasteiger partial charge in [0, 0.05) is 0 Å². The van der Waals surface area contributed by atoms with Crippen LogP contribution >= 0.6 is 0 Å². The van der Waals surface area contributed by atoms with Crippen molar-refractivity contribution in [3.8, 4) is 0 Å². The van der Waals surface area contributed by atoms with E-state index in [9.17, 15) is 21.6 Å². The molecule has 0 aliphatic rings. The molecule has 2 nitrogen and oxygen atoms in total. The van der Waals surface area contributed by atoms with Crippen molar-refractivity contribution < 1.29 is 21.6 Å². The van der Waals surface area contributed by atoms with E-state index in [0.717, 1.165) is 24.3 Å². The molecule has 0 aliphatic heterocycles. The molecule has 0 N–H and O–H groups in total. The first-order valence-electron chi connectivity index (χ1n) is 4.29. The maximum Gasteiger partial charge on any atom is 0.417 e.